The van der Waals surface area contributed by atoms with Crippen molar-refractivity contribution in [2.24, 2.45) is 0 Å². The molecule has 1 aliphatic heterocycles. The number of nitrogens with zero attached hydrogens (tertiary/aromatic N) is 3. The summed E-state index contributed by atoms with van der Waals surface area (Å²) in [7, 11) is 0. The van der Waals surface area contributed by atoms with Crippen molar-refractivity contribution in [2.45, 2.75) is 32.4 Å². The molecule has 6 heteroatoms. The van der Waals surface area contributed by atoms with Crippen LogP contribution in [0, 0.1) is 13.8 Å². The average molecular weight is 322 g/mol. The first kappa shape index (κ1) is 15.1. The van der Waals surface area contributed by atoms with Crippen molar-refractivity contribution < 1.29 is 0 Å². The van der Waals surface area contributed by atoms with E-state index in [4.69, 9.17) is 0 Å². The van der Waals surface area contributed by atoms with Crippen molar-refractivity contribution >= 4 is 11.5 Å². The lowest BCUT2D eigenvalue weighted by atomic mass is 10.0. The van der Waals surface area contributed by atoms with Crippen molar-refractivity contribution in [2.75, 3.05) is 11.9 Å². The van der Waals surface area contributed by atoms with Crippen LogP contribution in [-0.4, -0.2) is 27.2 Å². The first-order valence-corrected chi connectivity index (χ1v) is 8.33. The van der Waals surface area contributed by atoms with E-state index >= 15 is 0 Å². The van der Waals surface area contributed by atoms with Crippen molar-refractivity contribution in [3.63, 3.8) is 0 Å². The van der Waals surface area contributed by atoms with Gasteiger partial charge in [-0.05, 0) is 25.8 Å². The molecule has 0 aliphatic carbocycles. The number of aryl methyl sites for hydroxylation is 2. The van der Waals surface area contributed by atoms with Crippen LogP contribution in [0.4, 0.5) is 5.82 Å². The molecule has 0 saturated carbocycles. The maximum atomic E-state index is 4.52. The predicted octanol–water partition coefficient (Wildman–Crippen LogP) is 2.37. The molecule has 3 aromatic rings. The Kier molecular flexibility index (Phi) is 3.92. The quantitative estimate of drug-likeness (QED) is 0.688. The second kappa shape index (κ2) is 6.22. The molecular formula is C18H22N6. The molecule has 2 atom stereocenters. The van der Waals surface area contributed by atoms with Crippen molar-refractivity contribution in [3.05, 3.63) is 59.4 Å². The summed E-state index contributed by atoms with van der Waals surface area (Å²) in [6.07, 6.45) is 1.04. The third kappa shape index (κ3) is 2.98. The lowest BCUT2D eigenvalue weighted by Gasteiger charge is -2.13. The van der Waals surface area contributed by atoms with Gasteiger partial charge >= 0.3 is 0 Å². The van der Waals surface area contributed by atoms with Gasteiger partial charge in [0.25, 0.3) is 0 Å². The summed E-state index contributed by atoms with van der Waals surface area (Å²) >= 11 is 0. The molecule has 1 aliphatic rings. The van der Waals surface area contributed by atoms with E-state index in [1.165, 1.54) is 5.56 Å². The van der Waals surface area contributed by atoms with E-state index in [0.717, 1.165) is 35.8 Å². The molecule has 2 aromatic heterocycles. The highest BCUT2D eigenvalue weighted by atomic mass is 15.4. The SMILES string of the molecule is Cc1cc(NCC2CC(c3ccccc3)NN2)n2nc(C)cc2n1. The van der Waals surface area contributed by atoms with Gasteiger partial charge in [0.15, 0.2) is 5.65 Å². The lowest BCUT2D eigenvalue weighted by Crippen LogP contribution is -2.35. The first-order valence-electron chi connectivity index (χ1n) is 8.33. The highest BCUT2D eigenvalue weighted by Crippen LogP contribution is 2.22. The summed E-state index contributed by atoms with van der Waals surface area (Å²) in [5, 5.41) is 8.03. The normalized spacial score (nSPS) is 20.6. The molecule has 1 saturated heterocycles. The monoisotopic (exact) mass is 322 g/mol. The molecule has 24 heavy (non-hydrogen) atoms. The molecule has 0 radical (unpaired) electrons. The molecule has 3 heterocycles. The molecule has 2 unspecified atom stereocenters. The fourth-order valence-electron chi connectivity index (χ4n) is 3.23. The number of hydrogen-bond acceptors (Lipinski definition) is 5. The molecule has 124 valence electrons. The van der Waals surface area contributed by atoms with Gasteiger partial charge in [0, 0.05) is 36.5 Å². The standard InChI is InChI=1S/C18H22N6/c1-12-8-17(24-18(20-12)9-13(2)23-24)19-11-15-10-16(22-21-15)14-6-4-3-5-7-14/h3-9,15-16,19,21-22H,10-11H2,1-2H3. The van der Waals surface area contributed by atoms with Crippen molar-refractivity contribution in [1.29, 1.82) is 0 Å². The van der Waals surface area contributed by atoms with Gasteiger partial charge in [0.1, 0.15) is 5.82 Å². The number of nitrogens with one attached hydrogen (secondary N) is 3. The third-order valence-electron chi connectivity index (χ3n) is 4.39. The average Bonchev–Trinajstić information content (AvgIpc) is 3.19. The number of aromatic nitrogens is 3. The Labute approximate surface area is 141 Å². The van der Waals surface area contributed by atoms with Crippen LogP contribution in [0.5, 0.6) is 0 Å². The van der Waals surface area contributed by atoms with E-state index in [2.05, 4.69) is 50.5 Å². The smallest absolute Gasteiger partial charge is 0.157 e. The number of fused-ring (bicyclic) bond motifs is 1. The molecular weight excluding hydrogens is 300 g/mol. The van der Waals surface area contributed by atoms with E-state index in [0.29, 0.717) is 12.1 Å². The first-order chi connectivity index (χ1) is 11.7. The fourth-order valence-corrected chi connectivity index (χ4v) is 3.23. The van der Waals surface area contributed by atoms with Gasteiger partial charge in [-0.15, -0.1) is 0 Å². The second-order valence-corrected chi connectivity index (χ2v) is 6.40. The lowest BCUT2D eigenvalue weighted by molar-refractivity contribution is 0.552. The van der Waals surface area contributed by atoms with Crippen LogP contribution >= 0.6 is 0 Å². The zero-order chi connectivity index (χ0) is 16.5. The van der Waals surface area contributed by atoms with Gasteiger partial charge in [0.05, 0.1) is 5.69 Å². The molecule has 0 spiro atoms. The van der Waals surface area contributed by atoms with Crippen LogP contribution in [0.3, 0.4) is 0 Å². The predicted molar refractivity (Wildman–Crippen MR) is 94.8 cm³/mol. The number of hydrazine groups is 1. The maximum Gasteiger partial charge on any atom is 0.157 e. The van der Waals surface area contributed by atoms with E-state index < -0.39 is 0 Å². The van der Waals surface area contributed by atoms with Crippen LogP contribution in [0.25, 0.3) is 5.65 Å². The Hall–Kier alpha value is -2.44. The van der Waals surface area contributed by atoms with Crippen molar-refractivity contribution in [1.82, 2.24) is 25.4 Å². The van der Waals surface area contributed by atoms with Crippen LogP contribution in [-0.2, 0) is 0 Å². The van der Waals surface area contributed by atoms with Gasteiger partial charge in [-0.25, -0.2) is 10.4 Å². The van der Waals surface area contributed by atoms with Gasteiger partial charge in [-0.1, -0.05) is 30.3 Å². The highest BCUT2D eigenvalue weighted by molar-refractivity contribution is 5.50. The Bertz CT molecular complexity index is 841. The summed E-state index contributed by atoms with van der Waals surface area (Å²) in [5.74, 6) is 0.982. The number of benzene rings is 1. The number of hydrogen-bond donors (Lipinski definition) is 3. The summed E-state index contributed by atoms with van der Waals surface area (Å²) in [6, 6.07) is 15.3. The van der Waals surface area contributed by atoms with Crippen molar-refractivity contribution in [3.8, 4) is 0 Å². The van der Waals surface area contributed by atoms with Crippen LogP contribution in [0.1, 0.15) is 29.4 Å². The Balaban J connectivity index is 1.44. The van der Waals surface area contributed by atoms with Crippen LogP contribution < -0.4 is 16.2 Å². The largest absolute Gasteiger partial charge is 0.368 e. The molecule has 0 amide bonds. The van der Waals surface area contributed by atoms with Crippen LogP contribution in [0.2, 0.25) is 0 Å². The summed E-state index contributed by atoms with van der Waals surface area (Å²) in [4.78, 5) is 4.52. The zero-order valence-corrected chi connectivity index (χ0v) is 14.0. The topological polar surface area (TPSA) is 66.3 Å². The fraction of sp³-hybridized carbons (Fsp3) is 0.333. The van der Waals surface area contributed by atoms with E-state index in [-0.39, 0.29) is 0 Å². The Morgan fingerprint density at radius 2 is 1.96 bits per heavy atom. The molecule has 1 aromatic carbocycles. The summed E-state index contributed by atoms with van der Waals surface area (Å²) < 4.78 is 1.87. The third-order valence-corrected chi connectivity index (χ3v) is 4.39. The van der Waals surface area contributed by atoms with E-state index in [9.17, 15) is 0 Å². The minimum atomic E-state index is 0.351. The molecule has 0 bridgehead atoms. The molecule has 4 rings (SSSR count). The van der Waals surface area contributed by atoms with Crippen LogP contribution in [0.15, 0.2) is 42.5 Å². The van der Waals surface area contributed by atoms with E-state index in [1.54, 1.807) is 0 Å². The Morgan fingerprint density at radius 1 is 1.12 bits per heavy atom. The van der Waals surface area contributed by atoms with Gasteiger partial charge in [-0.2, -0.15) is 9.61 Å². The zero-order valence-electron chi connectivity index (χ0n) is 14.0. The number of anilines is 1. The Morgan fingerprint density at radius 3 is 2.79 bits per heavy atom. The van der Waals surface area contributed by atoms with E-state index in [1.807, 2.05) is 36.6 Å². The van der Waals surface area contributed by atoms with Gasteiger partial charge in [0.2, 0.25) is 0 Å². The molecule has 3 N–H and O–H groups in total. The highest BCUT2D eigenvalue weighted by Gasteiger charge is 2.24. The summed E-state index contributed by atoms with van der Waals surface area (Å²) in [5.41, 5.74) is 10.9. The van der Waals surface area contributed by atoms with Gasteiger partial charge in [-0.3, -0.25) is 5.43 Å². The second-order valence-electron chi connectivity index (χ2n) is 6.40. The minimum absolute atomic E-state index is 0.351. The number of rotatable bonds is 4. The minimum Gasteiger partial charge on any atom is -0.368 e. The van der Waals surface area contributed by atoms with Gasteiger partial charge < -0.3 is 5.32 Å². The summed E-state index contributed by atoms with van der Waals surface area (Å²) in [6.45, 7) is 4.82. The molecule has 6 nitrogen and oxygen atoms in total. The molecule has 1 fully saturated rings. The maximum absolute atomic E-state index is 4.52.